The minimum absolute atomic E-state index is 0.193. The molecule has 0 atom stereocenters. The van der Waals surface area contributed by atoms with Gasteiger partial charge in [-0.3, -0.25) is 4.79 Å². The van der Waals surface area contributed by atoms with Crippen LogP contribution < -0.4 is 4.72 Å². The fourth-order valence-corrected chi connectivity index (χ4v) is 3.34. The third-order valence-electron chi connectivity index (χ3n) is 4.06. The number of rotatable bonds is 5. The smallest absolute Gasteiger partial charge is 0.239 e. The van der Waals surface area contributed by atoms with E-state index in [1.165, 1.54) is 13.1 Å². The normalized spacial score (nSPS) is 16.7. The average molecular weight is 328 g/mol. The van der Waals surface area contributed by atoms with E-state index in [9.17, 15) is 17.6 Å². The van der Waals surface area contributed by atoms with Crippen LogP contribution in [-0.2, 0) is 21.2 Å². The molecule has 0 aliphatic carbocycles. The summed E-state index contributed by atoms with van der Waals surface area (Å²) < 4.78 is 38.6. The van der Waals surface area contributed by atoms with Crippen LogP contribution in [-0.4, -0.2) is 45.1 Å². The highest BCUT2D eigenvalue weighted by atomic mass is 32.2. The second-order valence-electron chi connectivity index (χ2n) is 5.58. The van der Waals surface area contributed by atoms with Gasteiger partial charge in [-0.2, -0.15) is 0 Å². The molecule has 0 radical (unpaired) electrons. The lowest BCUT2D eigenvalue weighted by Crippen LogP contribution is -2.43. The molecule has 1 aliphatic heterocycles. The van der Waals surface area contributed by atoms with Crippen molar-refractivity contribution in [1.82, 2.24) is 9.62 Å². The van der Waals surface area contributed by atoms with Gasteiger partial charge in [0.1, 0.15) is 11.6 Å². The number of carbonyl (C=O) groups is 1. The van der Waals surface area contributed by atoms with Crippen LogP contribution in [0, 0.1) is 11.7 Å². The van der Waals surface area contributed by atoms with Gasteiger partial charge in [-0.15, -0.1) is 0 Å². The lowest BCUT2D eigenvalue weighted by atomic mass is 9.90. The van der Waals surface area contributed by atoms with Crippen LogP contribution in [0.25, 0.3) is 0 Å². The number of piperidine rings is 1. The molecule has 1 aliphatic rings. The van der Waals surface area contributed by atoms with Crippen molar-refractivity contribution in [2.45, 2.75) is 19.3 Å². The third kappa shape index (κ3) is 4.51. The maximum Gasteiger partial charge on any atom is 0.239 e. The Kier molecular flexibility index (Phi) is 5.52. The average Bonchev–Trinajstić information content (AvgIpc) is 2.50. The molecule has 7 heteroatoms. The molecule has 0 aromatic heterocycles. The largest absolute Gasteiger partial charge is 0.342 e. The van der Waals surface area contributed by atoms with Crippen LogP contribution in [0.4, 0.5) is 4.39 Å². The van der Waals surface area contributed by atoms with Crippen LogP contribution in [0.2, 0.25) is 0 Å². The number of sulfonamides is 1. The monoisotopic (exact) mass is 328 g/mol. The Morgan fingerprint density at radius 2 is 1.95 bits per heavy atom. The van der Waals surface area contributed by atoms with Crippen molar-refractivity contribution in [3.8, 4) is 0 Å². The van der Waals surface area contributed by atoms with Crippen molar-refractivity contribution in [2.75, 3.05) is 25.9 Å². The quantitative estimate of drug-likeness (QED) is 0.882. The lowest BCUT2D eigenvalue weighted by molar-refractivity contribution is -0.129. The first-order chi connectivity index (χ1) is 10.4. The van der Waals surface area contributed by atoms with Crippen molar-refractivity contribution >= 4 is 15.9 Å². The molecule has 1 heterocycles. The predicted octanol–water partition coefficient (Wildman–Crippen LogP) is 1.16. The van der Waals surface area contributed by atoms with Crippen molar-refractivity contribution in [3.05, 3.63) is 35.6 Å². The van der Waals surface area contributed by atoms with Crippen molar-refractivity contribution < 1.29 is 17.6 Å². The van der Waals surface area contributed by atoms with Crippen LogP contribution in [0.15, 0.2) is 24.3 Å². The zero-order valence-electron chi connectivity index (χ0n) is 12.6. The molecule has 2 rings (SSSR count). The van der Waals surface area contributed by atoms with E-state index in [0.717, 1.165) is 12.8 Å². The van der Waals surface area contributed by atoms with E-state index in [1.807, 2.05) is 6.07 Å². The first-order valence-corrected chi connectivity index (χ1v) is 8.99. The van der Waals surface area contributed by atoms with Crippen LogP contribution in [0.1, 0.15) is 18.4 Å². The number of hydrogen-bond acceptors (Lipinski definition) is 3. The summed E-state index contributed by atoms with van der Waals surface area (Å²) in [4.78, 5) is 13.5. The summed E-state index contributed by atoms with van der Waals surface area (Å²) in [6.45, 7) is 1.05. The van der Waals surface area contributed by atoms with Gasteiger partial charge in [0.25, 0.3) is 0 Å². The summed E-state index contributed by atoms with van der Waals surface area (Å²) in [7, 11) is -2.23. The summed E-state index contributed by atoms with van der Waals surface area (Å²) in [5, 5.41) is 0. The Hall–Kier alpha value is -1.47. The van der Waals surface area contributed by atoms with E-state index in [0.29, 0.717) is 31.0 Å². The number of nitrogens with one attached hydrogen (secondary N) is 1. The predicted molar refractivity (Wildman–Crippen MR) is 82.3 cm³/mol. The van der Waals surface area contributed by atoms with E-state index in [4.69, 9.17) is 0 Å². The molecule has 1 fully saturated rings. The molecule has 122 valence electrons. The van der Waals surface area contributed by atoms with E-state index < -0.39 is 15.8 Å². The number of amides is 1. The van der Waals surface area contributed by atoms with Gasteiger partial charge >= 0.3 is 0 Å². The molecular weight excluding hydrogens is 307 g/mol. The van der Waals surface area contributed by atoms with E-state index in [2.05, 4.69) is 4.72 Å². The van der Waals surface area contributed by atoms with Crippen molar-refractivity contribution in [1.29, 1.82) is 0 Å². The Morgan fingerprint density at radius 1 is 1.32 bits per heavy atom. The van der Waals surface area contributed by atoms with Crippen LogP contribution in [0.3, 0.4) is 0 Å². The van der Waals surface area contributed by atoms with E-state index in [-0.39, 0.29) is 11.7 Å². The number of halogens is 1. The molecule has 0 spiro atoms. The summed E-state index contributed by atoms with van der Waals surface area (Å²) in [6.07, 6.45) is 2.18. The second kappa shape index (κ2) is 7.19. The number of benzene rings is 1. The highest BCUT2D eigenvalue weighted by Crippen LogP contribution is 2.23. The van der Waals surface area contributed by atoms with Crippen LogP contribution >= 0.6 is 0 Å². The summed E-state index contributed by atoms with van der Waals surface area (Å²) in [5.41, 5.74) is 0.699. The molecule has 0 unspecified atom stereocenters. The molecule has 1 saturated heterocycles. The standard InChI is InChI=1S/C15H21FN2O3S/c1-17-22(20,21)11-15(19)18-8-6-12(7-9-18)10-13-4-2-3-5-14(13)16/h2-5,12,17H,6-11H2,1H3. The summed E-state index contributed by atoms with van der Waals surface area (Å²) in [6, 6.07) is 6.73. The minimum Gasteiger partial charge on any atom is -0.342 e. The Morgan fingerprint density at radius 3 is 2.55 bits per heavy atom. The van der Waals surface area contributed by atoms with Gasteiger partial charge in [0.05, 0.1) is 0 Å². The highest BCUT2D eigenvalue weighted by molar-refractivity contribution is 7.90. The molecule has 0 bridgehead atoms. The van der Waals surface area contributed by atoms with Crippen molar-refractivity contribution in [2.24, 2.45) is 5.92 Å². The number of hydrogen-bond donors (Lipinski definition) is 1. The molecule has 1 N–H and O–H groups in total. The van der Waals surface area contributed by atoms with Gasteiger partial charge < -0.3 is 4.90 Å². The summed E-state index contributed by atoms with van der Waals surface area (Å²) in [5.74, 6) is -0.761. The van der Waals surface area contributed by atoms with Gasteiger partial charge in [0.2, 0.25) is 15.9 Å². The van der Waals surface area contributed by atoms with E-state index in [1.54, 1.807) is 17.0 Å². The molecule has 1 amide bonds. The fraction of sp³-hybridized carbons (Fsp3) is 0.533. The SMILES string of the molecule is CNS(=O)(=O)CC(=O)N1CCC(Cc2ccccc2F)CC1. The molecule has 1 aromatic rings. The van der Waals surface area contributed by atoms with Gasteiger partial charge in [0.15, 0.2) is 0 Å². The number of carbonyl (C=O) groups excluding carboxylic acids is 1. The zero-order valence-corrected chi connectivity index (χ0v) is 13.4. The highest BCUT2D eigenvalue weighted by Gasteiger charge is 2.26. The zero-order chi connectivity index (χ0) is 16.2. The topological polar surface area (TPSA) is 66.5 Å². The minimum atomic E-state index is -3.53. The van der Waals surface area contributed by atoms with Gasteiger partial charge in [-0.05, 0) is 43.9 Å². The van der Waals surface area contributed by atoms with Crippen molar-refractivity contribution in [3.63, 3.8) is 0 Å². The van der Waals surface area contributed by atoms with Crippen LogP contribution in [0.5, 0.6) is 0 Å². The maximum absolute atomic E-state index is 13.6. The number of nitrogens with zero attached hydrogens (tertiary/aromatic N) is 1. The molecule has 0 saturated carbocycles. The summed E-state index contributed by atoms with van der Waals surface area (Å²) >= 11 is 0. The maximum atomic E-state index is 13.6. The molecular formula is C15H21FN2O3S. The molecule has 5 nitrogen and oxygen atoms in total. The third-order valence-corrected chi connectivity index (χ3v) is 5.31. The Labute approximate surface area is 130 Å². The first kappa shape index (κ1) is 16.9. The van der Waals surface area contributed by atoms with E-state index >= 15 is 0 Å². The fourth-order valence-electron chi connectivity index (χ4n) is 2.69. The number of likely N-dealkylation sites (tertiary alicyclic amines) is 1. The van der Waals surface area contributed by atoms with Gasteiger partial charge in [-0.1, -0.05) is 18.2 Å². The second-order valence-corrected chi connectivity index (χ2v) is 7.51. The Bertz CT molecular complexity index is 625. The van der Waals surface area contributed by atoms with Gasteiger partial charge in [-0.25, -0.2) is 17.5 Å². The Balaban J connectivity index is 1.86. The lowest BCUT2D eigenvalue weighted by Gasteiger charge is -2.32. The first-order valence-electron chi connectivity index (χ1n) is 7.33. The van der Waals surface area contributed by atoms with Gasteiger partial charge in [0, 0.05) is 13.1 Å². The molecule has 22 heavy (non-hydrogen) atoms. The molecule has 1 aromatic carbocycles.